The molecule has 0 saturated carbocycles. The molecule has 0 fully saturated rings. The molecule has 2 aromatic rings. The molecule has 5 nitrogen and oxygen atoms in total. The Kier molecular flexibility index (Phi) is 5.31. The predicted octanol–water partition coefficient (Wildman–Crippen LogP) is 2.87. The van der Waals surface area contributed by atoms with Crippen molar-refractivity contribution in [3.8, 4) is 0 Å². The number of unbranched alkanes of at least 4 members (excludes halogenated alkanes) is 1. The molecule has 132 valence electrons. The highest BCUT2D eigenvalue weighted by Gasteiger charge is 2.22. The lowest BCUT2D eigenvalue weighted by Gasteiger charge is -2.30. The summed E-state index contributed by atoms with van der Waals surface area (Å²) in [5.41, 5.74) is 4.03. The highest BCUT2D eigenvalue weighted by atomic mass is 16.2. The van der Waals surface area contributed by atoms with E-state index in [2.05, 4.69) is 24.9 Å². The van der Waals surface area contributed by atoms with Gasteiger partial charge in [-0.2, -0.15) is 0 Å². The quantitative estimate of drug-likeness (QED) is 0.842. The zero-order valence-electron chi connectivity index (χ0n) is 15.0. The first-order chi connectivity index (χ1) is 12.1. The molecule has 1 aromatic heterocycles. The predicted molar refractivity (Wildman–Crippen MR) is 99.0 cm³/mol. The van der Waals surface area contributed by atoms with Crippen LogP contribution in [0, 0.1) is 6.92 Å². The lowest BCUT2D eigenvalue weighted by atomic mass is 9.99. The van der Waals surface area contributed by atoms with E-state index in [1.807, 2.05) is 12.1 Å². The Hall–Kier alpha value is -2.43. The second-order valence-corrected chi connectivity index (χ2v) is 6.73. The van der Waals surface area contributed by atoms with Crippen LogP contribution in [0.2, 0.25) is 0 Å². The van der Waals surface area contributed by atoms with Gasteiger partial charge in [-0.05, 0) is 44.2 Å². The summed E-state index contributed by atoms with van der Waals surface area (Å²) in [5.74, 6) is -0.0602. The number of hydrogen-bond donors (Lipinski definition) is 0. The number of fused-ring (bicyclic) bond motifs is 1. The highest BCUT2D eigenvalue weighted by Crippen LogP contribution is 2.28. The molecule has 1 aromatic carbocycles. The summed E-state index contributed by atoms with van der Waals surface area (Å²) in [7, 11) is 0. The second-order valence-electron chi connectivity index (χ2n) is 6.73. The van der Waals surface area contributed by atoms with Crippen molar-refractivity contribution >= 4 is 11.6 Å². The fraction of sp³-hybridized carbons (Fsp3) is 0.450. The van der Waals surface area contributed by atoms with Gasteiger partial charge in [0, 0.05) is 24.0 Å². The largest absolute Gasteiger partial charge is 0.311 e. The number of amides is 1. The van der Waals surface area contributed by atoms with E-state index in [-0.39, 0.29) is 18.0 Å². The minimum absolute atomic E-state index is 0.0349. The lowest BCUT2D eigenvalue weighted by molar-refractivity contribution is -0.119. The van der Waals surface area contributed by atoms with Gasteiger partial charge in [-0.25, -0.2) is 4.98 Å². The Balaban J connectivity index is 1.76. The Morgan fingerprint density at radius 2 is 2.12 bits per heavy atom. The summed E-state index contributed by atoms with van der Waals surface area (Å²) in [6.45, 7) is 4.91. The maximum absolute atomic E-state index is 12.8. The molecule has 0 aliphatic carbocycles. The van der Waals surface area contributed by atoms with Crippen LogP contribution in [-0.2, 0) is 24.2 Å². The van der Waals surface area contributed by atoms with Gasteiger partial charge in [-0.1, -0.05) is 31.0 Å². The van der Waals surface area contributed by atoms with Crippen molar-refractivity contribution in [1.82, 2.24) is 9.55 Å². The molecule has 25 heavy (non-hydrogen) atoms. The Bertz CT molecular complexity index is 826. The van der Waals surface area contributed by atoms with Crippen molar-refractivity contribution in [3.05, 3.63) is 57.8 Å². The Labute approximate surface area is 148 Å². The van der Waals surface area contributed by atoms with E-state index in [9.17, 15) is 9.59 Å². The Morgan fingerprint density at radius 3 is 2.88 bits per heavy atom. The molecule has 0 bridgehead atoms. The van der Waals surface area contributed by atoms with Gasteiger partial charge >= 0.3 is 0 Å². The third kappa shape index (κ3) is 3.98. The van der Waals surface area contributed by atoms with Crippen LogP contribution in [0.5, 0.6) is 0 Å². The van der Waals surface area contributed by atoms with E-state index in [4.69, 9.17) is 0 Å². The standard InChI is InChI=1S/C20H25N3O2/c1-3-4-7-17-12-19(24)22(14-21-17)13-20(25)23-10-5-6-16-11-15(2)8-9-18(16)23/h8-9,11-12,14H,3-7,10,13H2,1-2H3. The number of nitrogens with zero attached hydrogens (tertiary/aromatic N) is 3. The number of carbonyl (C=O) groups excluding carboxylic acids is 1. The number of aromatic nitrogens is 2. The molecule has 1 aliphatic rings. The summed E-state index contributed by atoms with van der Waals surface area (Å²) >= 11 is 0. The molecule has 0 unspecified atom stereocenters. The van der Waals surface area contributed by atoms with Crippen LogP contribution in [0.1, 0.15) is 43.0 Å². The SMILES string of the molecule is CCCCc1cc(=O)n(CC(=O)N2CCCc3cc(C)ccc32)cn1. The van der Waals surface area contributed by atoms with Gasteiger partial charge in [0.2, 0.25) is 5.91 Å². The van der Waals surface area contributed by atoms with Crippen LogP contribution < -0.4 is 10.5 Å². The van der Waals surface area contributed by atoms with Crippen molar-refractivity contribution in [1.29, 1.82) is 0 Å². The third-order valence-corrected chi connectivity index (χ3v) is 4.68. The van der Waals surface area contributed by atoms with Crippen molar-refractivity contribution in [2.45, 2.75) is 52.5 Å². The summed E-state index contributed by atoms with van der Waals surface area (Å²) in [6.07, 6.45) is 6.33. The maximum Gasteiger partial charge on any atom is 0.253 e. The fourth-order valence-electron chi connectivity index (χ4n) is 3.29. The molecule has 2 heterocycles. The van der Waals surface area contributed by atoms with E-state index in [1.54, 1.807) is 11.0 Å². The minimum Gasteiger partial charge on any atom is -0.311 e. The molecular weight excluding hydrogens is 314 g/mol. The van der Waals surface area contributed by atoms with Gasteiger partial charge in [-0.15, -0.1) is 0 Å². The maximum atomic E-state index is 12.8. The van der Waals surface area contributed by atoms with Crippen molar-refractivity contribution in [3.63, 3.8) is 0 Å². The first-order valence-electron chi connectivity index (χ1n) is 9.03. The molecular formula is C20H25N3O2. The molecule has 1 amide bonds. The molecule has 0 atom stereocenters. The zero-order valence-corrected chi connectivity index (χ0v) is 15.0. The van der Waals surface area contributed by atoms with Gasteiger partial charge < -0.3 is 4.90 Å². The highest BCUT2D eigenvalue weighted by molar-refractivity contribution is 5.94. The number of anilines is 1. The molecule has 5 heteroatoms. The van der Waals surface area contributed by atoms with E-state index in [0.717, 1.165) is 43.5 Å². The fourth-order valence-corrected chi connectivity index (χ4v) is 3.29. The van der Waals surface area contributed by atoms with Crippen molar-refractivity contribution in [2.24, 2.45) is 0 Å². The van der Waals surface area contributed by atoms with E-state index < -0.39 is 0 Å². The molecule has 0 saturated heterocycles. The summed E-state index contributed by atoms with van der Waals surface area (Å²) in [5, 5.41) is 0. The summed E-state index contributed by atoms with van der Waals surface area (Å²) in [6, 6.07) is 7.73. The van der Waals surface area contributed by atoms with Crippen molar-refractivity contribution < 1.29 is 4.79 Å². The normalized spacial score (nSPS) is 13.6. The number of benzene rings is 1. The second kappa shape index (κ2) is 7.64. The number of rotatable bonds is 5. The first kappa shape index (κ1) is 17.4. The summed E-state index contributed by atoms with van der Waals surface area (Å²) < 4.78 is 1.40. The Morgan fingerprint density at radius 1 is 1.28 bits per heavy atom. The molecule has 3 rings (SSSR count). The van der Waals surface area contributed by atoms with Crippen LogP contribution in [0.4, 0.5) is 5.69 Å². The zero-order chi connectivity index (χ0) is 17.8. The molecule has 0 N–H and O–H groups in total. The van der Waals surface area contributed by atoms with Crippen LogP contribution in [-0.4, -0.2) is 22.0 Å². The van der Waals surface area contributed by atoms with Crippen LogP contribution in [0.3, 0.4) is 0 Å². The van der Waals surface area contributed by atoms with E-state index >= 15 is 0 Å². The summed E-state index contributed by atoms with van der Waals surface area (Å²) in [4.78, 5) is 31.2. The van der Waals surface area contributed by atoms with E-state index in [1.165, 1.54) is 22.0 Å². The smallest absolute Gasteiger partial charge is 0.253 e. The number of aryl methyl sites for hydroxylation is 3. The van der Waals surface area contributed by atoms with Crippen LogP contribution in [0.15, 0.2) is 35.4 Å². The van der Waals surface area contributed by atoms with Gasteiger partial charge in [0.05, 0.1) is 6.33 Å². The number of hydrogen-bond acceptors (Lipinski definition) is 3. The minimum atomic E-state index is -0.157. The first-order valence-corrected chi connectivity index (χ1v) is 9.03. The molecule has 0 spiro atoms. The average Bonchev–Trinajstić information content (AvgIpc) is 2.61. The van der Waals surface area contributed by atoms with Gasteiger partial charge in [0.15, 0.2) is 0 Å². The monoisotopic (exact) mass is 339 g/mol. The van der Waals surface area contributed by atoms with E-state index in [0.29, 0.717) is 6.54 Å². The average molecular weight is 339 g/mol. The van der Waals surface area contributed by atoms with Crippen LogP contribution in [0.25, 0.3) is 0 Å². The molecule has 1 aliphatic heterocycles. The van der Waals surface area contributed by atoms with Gasteiger partial charge in [-0.3, -0.25) is 14.2 Å². The van der Waals surface area contributed by atoms with Gasteiger partial charge in [0.1, 0.15) is 6.54 Å². The van der Waals surface area contributed by atoms with Gasteiger partial charge in [0.25, 0.3) is 5.56 Å². The number of carbonyl (C=O) groups is 1. The lowest BCUT2D eigenvalue weighted by Crippen LogP contribution is -2.39. The molecule has 0 radical (unpaired) electrons. The topological polar surface area (TPSA) is 55.2 Å². The third-order valence-electron chi connectivity index (χ3n) is 4.68. The van der Waals surface area contributed by atoms with Crippen molar-refractivity contribution in [2.75, 3.05) is 11.4 Å². The van der Waals surface area contributed by atoms with Crippen LogP contribution >= 0.6 is 0 Å².